The highest BCUT2D eigenvalue weighted by Gasteiger charge is 2.35. The van der Waals surface area contributed by atoms with Crippen LogP contribution in [0.25, 0.3) is 11.0 Å². The molecule has 0 aromatic carbocycles. The average molecular weight is 409 g/mol. The van der Waals surface area contributed by atoms with Gasteiger partial charge in [0.05, 0.1) is 21.1 Å². The molecule has 1 aliphatic rings. The Kier molecular flexibility index (Phi) is 4.82. The van der Waals surface area contributed by atoms with E-state index in [1.807, 2.05) is 19.3 Å². The number of anilines is 1. The number of hydrogen-bond donors (Lipinski definition) is 1. The van der Waals surface area contributed by atoms with Crippen molar-refractivity contribution in [1.82, 2.24) is 19.9 Å². The summed E-state index contributed by atoms with van der Waals surface area (Å²) in [5, 5.41) is 0.952. The van der Waals surface area contributed by atoms with E-state index >= 15 is 0 Å². The zero-order valence-corrected chi connectivity index (χ0v) is 15.8. The van der Waals surface area contributed by atoms with E-state index in [1.54, 1.807) is 0 Å². The summed E-state index contributed by atoms with van der Waals surface area (Å²) < 4.78 is 50.2. The molecule has 0 spiro atoms. The number of halogens is 3. The van der Waals surface area contributed by atoms with Gasteiger partial charge in [0.1, 0.15) is 23.5 Å². The topological polar surface area (TPSA) is 74.8 Å². The second kappa shape index (κ2) is 7.16. The van der Waals surface area contributed by atoms with Gasteiger partial charge in [0.25, 0.3) is 0 Å². The number of alkyl halides is 3. The minimum Gasteiger partial charge on any atom is -0.356 e. The van der Waals surface area contributed by atoms with E-state index in [4.69, 9.17) is 0 Å². The summed E-state index contributed by atoms with van der Waals surface area (Å²) >= 11 is 0. The highest BCUT2D eigenvalue weighted by molar-refractivity contribution is 7.85. The Hall–Kier alpha value is -2.49. The number of nitrogens with one attached hydrogen (secondary N) is 1. The zero-order chi connectivity index (χ0) is 19.9. The van der Waals surface area contributed by atoms with E-state index < -0.39 is 22.7 Å². The van der Waals surface area contributed by atoms with Crippen LogP contribution in [0, 0.1) is 5.92 Å². The predicted octanol–water partition coefficient (Wildman–Crippen LogP) is 3.39. The van der Waals surface area contributed by atoms with Crippen LogP contribution in [0.2, 0.25) is 0 Å². The number of hydrogen-bond acceptors (Lipinski definition) is 5. The van der Waals surface area contributed by atoms with Crippen LogP contribution in [0.5, 0.6) is 0 Å². The lowest BCUT2D eigenvalue weighted by Crippen LogP contribution is -2.44. The minimum absolute atomic E-state index is 0.249. The number of aromatic amines is 1. The van der Waals surface area contributed by atoms with Gasteiger partial charge < -0.3 is 9.88 Å². The third-order valence-corrected chi connectivity index (χ3v) is 6.64. The smallest absolute Gasteiger partial charge is 0.356 e. The number of rotatable bonds is 5. The molecule has 0 radical (unpaired) electrons. The van der Waals surface area contributed by atoms with Crippen molar-refractivity contribution in [3.05, 3.63) is 42.6 Å². The van der Waals surface area contributed by atoms with Crippen molar-refractivity contribution in [1.29, 1.82) is 0 Å². The van der Waals surface area contributed by atoms with Gasteiger partial charge in [0.15, 0.2) is 0 Å². The number of pyridine rings is 1. The van der Waals surface area contributed by atoms with E-state index in [9.17, 15) is 17.4 Å². The standard InChI is InChI=1S/C18H18F3N5OS/c1-26(17-14-4-5-22-16(14)24-10-25-17)12-6-11(7-12)9-28(27)13-2-3-15(23-8-13)18(19,20)21/h2-5,8,10-12H,6-7,9H2,1H3,(H,22,24,25). The summed E-state index contributed by atoms with van der Waals surface area (Å²) in [7, 11) is 0.614. The fourth-order valence-electron chi connectivity index (χ4n) is 3.46. The Morgan fingerprint density at radius 3 is 2.68 bits per heavy atom. The summed E-state index contributed by atoms with van der Waals surface area (Å²) in [6.45, 7) is 0. The normalized spacial score (nSPS) is 20.7. The van der Waals surface area contributed by atoms with Gasteiger partial charge in [-0.2, -0.15) is 13.2 Å². The van der Waals surface area contributed by atoms with Crippen LogP contribution in [0.4, 0.5) is 19.0 Å². The third kappa shape index (κ3) is 3.60. The average Bonchev–Trinajstić information content (AvgIpc) is 3.11. The van der Waals surface area contributed by atoms with Crippen LogP contribution in [-0.2, 0) is 17.0 Å². The van der Waals surface area contributed by atoms with E-state index in [-0.39, 0.29) is 12.0 Å². The number of H-pyrrole nitrogens is 1. The molecule has 3 heterocycles. The van der Waals surface area contributed by atoms with Crippen molar-refractivity contribution in [2.45, 2.75) is 30.0 Å². The first-order chi connectivity index (χ1) is 13.3. The van der Waals surface area contributed by atoms with Crippen molar-refractivity contribution in [3.8, 4) is 0 Å². The second-order valence-corrected chi connectivity index (χ2v) is 8.42. The van der Waals surface area contributed by atoms with Gasteiger partial charge in [-0.1, -0.05) is 0 Å². The lowest BCUT2D eigenvalue weighted by Gasteiger charge is -2.41. The quantitative estimate of drug-likeness (QED) is 0.699. The molecule has 28 heavy (non-hydrogen) atoms. The van der Waals surface area contributed by atoms with Crippen molar-refractivity contribution in [3.63, 3.8) is 0 Å². The molecule has 4 rings (SSSR count). The first-order valence-electron chi connectivity index (χ1n) is 8.75. The van der Waals surface area contributed by atoms with E-state index in [1.165, 1.54) is 12.4 Å². The SMILES string of the molecule is CN(c1ncnc2[nH]ccc12)C1CC(CS(=O)c2ccc(C(F)(F)F)nc2)C1. The molecule has 0 bridgehead atoms. The maximum absolute atomic E-state index is 12.6. The molecular weight excluding hydrogens is 391 g/mol. The molecule has 1 N–H and O–H groups in total. The van der Waals surface area contributed by atoms with Crippen LogP contribution in [0.15, 0.2) is 41.8 Å². The molecule has 0 saturated heterocycles. The fourth-order valence-corrected chi connectivity index (χ4v) is 4.74. The maximum Gasteiger partial charge on any atom is 0.433 e. The summed E-state index contributed by atoms with van der Waals surface area (Å²) in [5.41, 5.74) is -0.192. The first kappa shape index (κ1) is 18.9. The van der Waals surface area contributed by atoms with Crippen LogP contribution >= 0.6 is 0 Å². The summed E-state index contributed by atoms with van der Waals surface area (Å²) in [4.78, 5) is 17.4. The fraction of sp³-hybridized carbons (Fsp3) is 0.389. The minimum atomic E-state index is -4.49. The Morgan fingerprint density at radius 2 is 2.00 bits per heavy atom. The molecule has 3 aromatic heterocycles. The Labute approximate surface area is 161 Å². The second-order valence-electron chi connectivity index (χ2n) is 6.93. The first-order valence-corrected chi connectivity index (χ1v) is 10.1. The lowest BCUT2D eigenvalue weighted by molar-refractivity contribution is -0.141. The van der Waals surface area contributed by atoms with Gasteiger partial charge in [-0.05, 0) is 37.0 Å². The van der Waals surface area contributed by atoms with Crippen molar-refractivity contribution in [2.75, 3.05) is 17.7 Å². The molecule has 148 valence electrons. The Bertz CT molecular complexity index is 998. The molecule has 10 heteroatoms. The molecule has 1 atom stereocenters. The van der Waals surface area contributed by atoms with Crippen LogP contribution < -0.4 is 4.90 Å². The Morgan fingerprint density at radius 1 is 1.21 bits per heavy atom. The van der Waals surface area contributed by atoms with Gasteiger partial charge in [-0.3, -0.25) is 9.19 Å². The van der Waals surface area contributed by atoms with E-state index in [2.05, 4.69) is 24.8 Å². The van der Waals surface area contributed by atoms with Gasteiger partial charge in [0.2, 0.25) is 0 Å². The summed E-state index contributed by atoms with van der Waals surface area (Å²) in [6.07, 6.45) is 1.62. The zero-order valence-electron chi connectivity index (χ0n) is 15.0. The predicted molar refractivity (Wildman–Crippen MR) is 99.3 cm³/mol. The van der Waals surface area contributed by atoms with Crippen LogP contribution in [0.3, 0.4) is 0 Å². The molecule has 0 amide bonds. The largest absolute Gasteiger partial charge is 0.433 e. The number of aromatic nitrogens is 4. The molecule has 3 aromatic rings. The van der Waals surface area contributed by atoms with Crippen molar-refractivity contribution in [2.24, 2.45) is 5.92 Å². The molecule has 0 aliphatic heterocycles. The molecule has 1 unspecified atom stereocenters. The van der Waals surface area contributed by atoms with E-state index in [0.29, 0.717) is 10.6 Å². The highest BCUT2D eigenvalue weighted by Crippen LogP contribution is 2.36. The molecule has 1 fully saturated rings. The molecule has 1 saturated carbocycles. The lowest BCUT2D eigenvalue weighted by atomic mass is 9.81. The Balaban J connectivity index is 1.35. The van der Waals surface area contributed by atoms with Gasteiger partial charge in [0, 0.05) is 31.2 Å². The van der Waals surface area contributed by atoms with Gasteiger partial charge in [-0.25, -0.2) is 9.97 Å². The van der Waals surface area contributed by atoms with Crippen LogP contribution in [-0.4, -0.2) is 43.0 Å². The number of nitrogens with zero attached hydrogens (tertiary/aromatic N) is 4. The molecule has 1 aliphatic carbocycles. The van der Waals surface area contributed by atoms with E-state index in [0.717, 1.165) is 42.0 Å². The third-order valence-electron chi connectivity index (χ3n) is 5.10. The summed E-state index contributed by atoms with van der Waals surface area (Å²) in [6, 6.07) is 4.34. The monoisotopic (exact) mass is 409 g/mol. The summed E-state index contributed by atoms with van der Waals surface area (Å²) in [5.74, 6) is 1.52. The highest BCUT2D eigenvalue weighted by atomic mass is 32.2. The van der Waals surface area contributed by atoms with Crippen molar-refractivity contribution < 1.29 is 17.4 Å². The number of fused-ring (bicyclic) bond motifs is 1. The van der Waals surface area contributed by atoms with Gasteiger partial charge >= 0.3 is 6.18 Å². The van der Waals surface area contributed by atoms with Crippen molar-refractivity contribution >= 4 is 27.7 Å². The maximum atomic E-state index is 12.6. The van der Waals surface area contributed by atoms with Gasteiger partial charge in [-0.15, -0.1) is 0 Å². The molecule has 6 nitrogen and oxygen atoms in total. The molecular formula is C18H18F3N5OS. The van der Waals surface area contributed by atoms with Crippen LogP contribution in [0.1, 0.15) is 18.5 Å².